The van der Waals surface area contributed by atoms with Crippen molar-refractivity contribution < 1.29 is 4.79 Å². The van der Waals surface area contributed by atoms with E-state index >= 15 is 0 Å². The minimum absolute atomic E-state index is 0.0631. The highest BCUT2D eigenvalue weighted by molar-refractivity contribution is 5.74. The molecule has 2 aliphatic rings. The van der Waals surface area contributed by atoms with Crippen molar-refractivity contribution in [3.05, 3.63) is 54.1 Å². The van der Waals surface area contributed by atoms with Gasteiger partial charge in [-0.25, -0.2) is 9.78 Å². The number of nitrogens with zero attached hydrogens (tertiary/aromatic N) is 3. The van der Waals surface area contributed by atoms with Crippen molar-refractivity contribution in [2.24, 2.45) is 0 Å². The van der Waals surface area contributed by atoms with E-state index in [2.05, 4.69) is 41.5 Å². The van der Waals surface area contributed by atoms with Crippen molar-refractivity contribution in [3.8, 4) is 0 Å². The number of fused-ring (bicyclic) bond motifs is 2. The highest BCUT2D eigenvalue weighted by Gasteiger charge is 2.41. The van der Waals surface area contributed by atoms with Crippen LogP contribution in [-0.2, 0) is 11.8 Å². The second kappa shape index (κ2) is 6.54. The molecule has 25 heavy (non-hydrogen) atoms. The Bertz CT molecular complexity index is 732. The van der Waals surface area contributed by atoms with E-state index in [1.165, 1.54) is 24.0 Å². The van der Waals surface area contributed by atoms with Gasteiger partial charge in [-0.05, 0) is 49.1 Å². The molecule has 5 nitrogen and oxygen atoms in total. The number of carbonyl (C=O) groups is 1. The van der Waals surface area contributed by atoms with Crippen LogP contribution in [0.4, 0.5) is 4.79 Å². The largest absolute Gasteiger partial charge is 0.336 e. The average molecular weight is 338 g/mol. The number of hydrogen-bond donors (Lipinski definition) is 1. The molecule has 1 atom stereocenters. The summed E-state index contributed by atoms with van der Waals surface area (Å²) in [5, 5.41) is 3.08. The molecular weight excluding hydrogens is 312 g/mol. The summed E-state index contributed by atoms with van der Waals surface area (Å²) < 4.78 is 2.01. The van der Waals surface area contributed by atoms with Crippen LogP contribution in [0.15, 0.2) is 43.0 Å². The average Bonchev–Trinajstić information content (AvgIpc) is 3.30. The normalized spacial score (nSPS) is 19.6. The first-order valence-electron chi connectivity index (χ1n) is 9.27. The van der Waals surface area contributed by atoms with Gasteiger partial charge in [-0.1, -0.05) is 24.3 Å². The number of carbonyl (C=O) groups excluding carboxylic acids is 1. The maximum atomic E-state index is 12.5. The predicted molar refractivity (Wildman–Crippen MR) is 97.6 cm³/mol. The van der Waals surface area contributed by atoms with Crippen molar-refractivity contribution in [1.29, 1.82) is 0 Å². The fourth-order valence-electron chi connectivity index (χ4n) is 4.40. The van der Waals surface area contributed by atoms with Crippen LogP contribution in [0, 0.1) is 0 Å². The maximum Gasteiger partial charge on any atom is 0.317 e. The number of rotatable bonds is 3. The lowest BCUT2D eigenvalue weighted by Crippen LogP contribution is -2.48. The molecule has 1 aliphatic heterocycles. The number of urea groups is 1. The zero-order valence-corrected chi connectivity index (χ0v) is 14.8. The minimum atomic E-state index is 0.0631. The molecule has 1 N–H and O–H groups in total. The number of piperidine rings is 1. The summed E-state index contributed by atoms with van der Waals surface area (Å²) >= 11 is 0. The summed E-state index contributed by atoms with van der Waals surface area (Å²) in [4.78, 5) is 18.5. The Morgan fingerprint density at radius 3 is 2.84 bits per heavy atom. The lowest BCUT2D eigenvalue weighted by Gasteiger charge is -2.40. The highest BCUT2D eigenvalue weighted by Crippen LogP contribution is 2.46. The third-order valence-electron chi connectivity index (χ3n) is 6.05. The quantitative estimate of drug-likeness (QED) is 0.935. The fourth-order valence-corrected chi connectivity index (χ4v) is 4.40. The van der Waals surface area contributed by atoms with Gasteiger partial charge in [0, 0.05) is 38.1 Å². The number of benzene rings is 1. The molecule has 1 aliphatic carbocycles. The standard InChI is InChI=1S/C20H26N4O/c1-16(24-13-10-21-15-24)14-22-19(25)23-11-8-20(9-12-23)7-6-17-4-2-3-5-18(17)20/h2-5,10,13,15-16H,6-9,11-12,14H2,1H3,(H,22,25). The molecule has 5 heteroatoms. The van der Waals surface area contributed by atoms with E-state index in [-0.39, 0.29) is 12.1 Å². The molecule has 1 aromatic heterocycles. The van der Waals surface area contributed by atoms with Gasteiger partial charge in [-0.3, -0.25) is 0 Å². The van der Waals surface area contributed by atoms with Gasteiger partial charge in [-0.15, -0.1) is 0 Å². The molecule has 2 aromatic rings. The molecule has 2 amide bonds. The van der Waals surface area contributed by atoms with Gasteiger partial charge >= 0.3 is 6.03 Å². The summed E-state index contributed by atoms with van der Waals surface area (Å²) in [5.74, 6) is 0. The number of amides is 2. The highest BCUT2D eigenvalue weighted by atomic mass is 16.2. The topological polar surface area (TPSA) is 50.2 Å². The zero-order chi connectivity index (χ0) is 17.3. The summed E-state index contributed by atoms with van der Waals surface area (Å²) in [6.07, 6.45) is 10.1. The Balaban J connectivity index is 1.32. The molecule has 1 aromatic carbocycles. The van der Waals surface area contributed by atoms with Crippen molar-refractivity contribution >= 4 is 6.03 Å². The summed E-state index contributed by atoms with van der Waals surface area (Å²) in [6, 6.07) is 9.13. The van der Waals surface area contributed by atoms with E-state index in [4.69, 9.17) is 0 Å². The van der Waals surface area contributed by atoms with E-state index in [1.54, 1.807) is 12.5 Å². The van der Waals surface area contributed by atoms with Gasteiger partial charge in [0.15, 0.2) is 0 Å². The second-order valence-corrected chi connectivity index (χ2v) is 7.47. The van der Waals surface area contributed by atoms with Crippen LogP contribution in [0.3, 0.4) is 0 Å². The maximum absolute atomic E-state index is 12.5. The predicted octanol–water partition coefficient (Wildman–Crippen LogP) is 3.13. The number of aryl methyl sites for hydroxylation is 1. The van der Waals surface area contributed by atoms with E-state index in [0.717, 1.165) is 25.9 Å². The fraction of sp³-hybridized carbons (Fsp3) is 0.500. The van der Waals surface area contributed by atoms with Crippen molar-refractivity contribution in [2.75, 3.05) is 19.6 Å². The smallest absolute Gasteiger partial charge is 0.317 e. The Labute approximate surface area is 149 Å². The summed E-state index contributed by atoms with van der Waals surface area (Å²) in [5.41, 5.74) is 3.34. The van der Waals surface area contributed by atoms with E-state index in [1.807, 2.05) is 15.7 Å². The number of aromatic nitrogens is 2. The molecule has 1 saturated heterocycles. The van der Waals surface area contributed by atoms with Crippen LogP contribution >= 0.6 is 0 Å². The number of imidazole rings is 1. The zero-order valence-electron chi connectivity index (χ0n) is 14.8. The first-order valence-corrected chi connectivity index (χ1v) is 9.27. The van der Waals surface area contributed by atoms with Gasteiger partial charge in [0.2, 0.25) is 0 Å². The van der Waals surface area contributed by atoms with Crippen LogP contribution < -0.4 is 5.32 Å². The third-order valence-corrected chi connectivity index (χ3v) is 6.05. The SMILES string of the molecule is CC(CNC(=O)N1CCC2(CCc3ccccc32)CC1)n1ccnc1. The molecule has 1 fully saturated rings. The Morgan fingerprint density at radius 2 is 2.08 bits per heavy atom. The Morgan fingerprint density at radius 1 is 1.28 bits per heavy atom. The summed E-state index contributed by atoms with van der Waals surface area (Å²) in [7, 11) is 0. The molecule has 1 unspecified atom stereocenters. The molecule has 132 valence electrons. The Kier molecular flexibility index (Phi) is 4.24. The van der Waals surface area contributed by atoms with Crippen LogP contribution in [0.1, 0.15) is 43.4 Å². The Hall–Kier alpha value is -2.30. The monoisotopic (exact) mass is 338 g/mol. The van der Waals surface area contributed by atoms with E-state index in [0.29, 0.717) is 12.0 Å². The molecular formula is C20H26N4O. The van der Waals surface area contributed by atoms with Crippen LogP contribution in [-0.4, -0.2) is 40.1 Å². The number of likely N-dealkylation sites (tertiary alicyclic amines) is 1. The van der Waals surface area contributed by atoms with Gasteiger partial charge in [-0.2, -0.15) is 0 Å². The second-order valence-electron chi connectivity index (χ2n) is 7.47. The van der Waals surface area contributed by atoms with Crippen LogP contribution in [0.5, 0.6) is 0 Å². The van der Waals surface area contributed by atoms with E-state index < -0.39 is 0 Å². The molecule has 0 bridgehead atoms. The van der Waals surface area contributed by atoms with Crippen molar-refractivity contribution in [1.82, 2.24) is 19.8 Å². The lowest BCUT2D eigenvalue weighted by molar-refractivity contribution is 0.156. The molecule has 0 saturated carbocycles. The van der Waals surface area contributed by atoms with E-state index in [9.17, 15) is 4.79 Å². The first kappa shape index (κ1) is 16.2. The minimum Gasteiger partial charge on any atom is -0.336 e. The molecule has 1 spiro atoms. The number of hydrogen-bond acceptors (Lipinski definition) is 2. The van der Waals surface area contributed by atoms with Crippen molar-refractivity contribution in [3.63, 3.8) is 0 Å². The van der Waals surface area contributed by atoms with Gasteiger partial charge in [0.05, 0.1) is 6.33 Å². The van der Waals surface area contributed by atoms with Crippen LogP contribution in [0.25, 0.3) is 0 Å². The molecule has 2 heterocycles. The summed E-state index contributed by atoms with van der Waals surface area (Å²) in [6.45, 7) is 4.40. The lowest BCUT2D eigenvalue weighted by atomic mass is 9.74. The van der Waals surface area contributed by atoms with Crippen LogP contribution in [0.2, 0.25) is 0 Å². The van der Waals surface area contributed by atoms with Gasteiger partial charge < -0.3 is 14.8 Å². The molecule has 0 radical (unpaired) electrons. The van der Waals surface area contributed by atoms with Gasteiger partial charge in [0.25, 0.3) is 0 Å². The van der Waals surface area contributed by atoms with Gasteiger partial charge in [0.1, 0.15) is 0 Å². The number of nitrogens with one attached hydrogen (secondary N) is 1. The first-order chi connectivity index (χ1) is 12.2. The third kappa shape index (κ3) is 3.03. The molecule has 4 rings (SSSR count). The van der Waals surface area contributed by atoms with Crippen molar-refractivity contribution in [2.45, 2.75) is 44.1 Å².